The predicted molar refractivity (Wildman–Crippen MR) is 62.7 cm³/mol. The molecule has 0 heterocycles. The first-order valence-electron chi connectivity index (χ1n) is 5.08. The fourth-order valence-corrected chi connectivity index (χ4v) is 3.29. The molecule has 3 heteroatoms. The maximum absolute atomic E-state index is 10.4. The fraction of sp³-hybridized carbons (Fsp3) is 0.417. The summed E-state index contributed by atoms with van der Waals surface area (Å²) in [4.78, 5) is 10.4. The Morgan fingerprint density at radius 3 is 2.67 bits per heavy atom. The molecule has 0 aliphatic rings. The summed E-state index contributed by atoms with van der Waals surface area (Å²) in [7, 11) is 0. The summed E-state index contributed by atoms with van der Waals surface area (Å²) in [6.07, 6.45) is 1.09. The van der Waals surface area contributed by atoms with Crippen LogP contribution in [0.4, 0.5) is 0 Å². The molecule has 1 aromatic carbocycles. The number of hydrogen-bond acceptors (Lipinski definition) is 1. The molecule has 0 aromatic heterocycles. The number of hydrogen-bond donors (Lipinski definition) is 1. The zero-order valence-corrected chi connectivity index (χ0v) is 10.6. The Kier molecular flexibility index (Phi) is 5.44. The Labute approximate surface area is 96.9 Å². The monoisotopic (exact) mass is 272 g/mol. The summed E-state index contributed by atoms with van der Waals surface area (Å²) in [5, 5.41) is 9.68. The van der Waals surface area contributed by atoms with Crippen molar-refractivity contribution in [3.05, 3.63) is 30.3 Å². The van der Waals surface area contributed by atoms with Crippen molar-refractivity contribution in [1.29, 1.82) is 0 Å². The average molecular weight is 271 g/mol. The normalized spacial score (nSPS) is 12.3. The molecule has 0 saturated heterocycles. The molecule has 1 aromatic rings. The zero-order chi connectivity index (χ0) is 11.1. The van der Waals surface area contributed by atoms with Gasteiger partial charge in [0, 0.05) is 0 Å². The van der Waals surface area contributed by atoms with Gasteiger partial charge in [-0.25, -0.2) is 0 Å². The summed E-state index contributed by atoms with van der Waals surface area (Å²) < 4.78 is 1.40. The van der Waals surface area contributed by atoms with Crippen LogP contribution in [0.2, 0.25) is 5.32 Å². The van der Waals surface area contributed by atoms with Gasteiger partial charge in [0.05, 0.1) is 0 Å². The predicted octanol–water partition coefficient (Wildman–Crippen LogP) is 1.94. The van der Waals surface area contributed by atoms with Gasteiger partial charge in [-0.15, -0.1) is 0 Å². The Morgan fingerprint density at radius 1 is 1.40 bits per heavy atom. The SMILES string of the molecule is CC(CCC(=O)O)C[Se]c1ccccc1. The molecule has 0 fully saturated rings. The molecule has 1 atom stereocenters. The third-order valence-corrected chi connectivity index (χ3v) is 4.94. The summed E-state index contributed by atoms with van der Waals surface area (Å²) in [5.41, 5.74) is 0. The molecule has 0 amide bonds. The van der Waals surface area contributed by atoms with Gasteiger partial charge in [-0.3, -0.25) is 0 Å². The number of carboxylic acid groups (broad SMARTS) is 1. The van der Waals surface area contributed by atoms with E-state index in [1.165, 1.54) is 4.46 Å². The van der Waals surface area contributed by atoms with Crippen molar-refractivity contribution in [3.63, 3.8) is 0 Å². The molecule has 0 aliphatic carbocycles. The molecule has 0 bridgehead atoms. The first-order chi connectivity index (χ1) is 7.18. The summed E-state index contributed by atoms with van der Waals surface area (Å²) in [5.74, 6) is -0.171. The molecular weight excluding hydrogens is 255 g/mol. The van der Waals surface area contributed by atoms with Crippen LogP contribution in [0.5, 0.6) is 0 Å². The minimum atomic E-state index is -0.686. The second-order valence-electron chi connectivity index (χ2n) is 3.66. The van der Waals surface area contributed by atoms with Gasteiger partial charge in [0.15, 0.2) is 0 Å². The van der Waals surface area contributed by atoms with Crippen molar-refractivity contribution >= 4 is 25.4 Å². The fourth-order valence-electron chi connectivity index (χ4n) is 1.21. The van der Waals surface area contributed by atoms with Gasteiger partial charge in [0.2, 0.25) is 0 Å². The quantitative estimate of drug-likeness (QED) is 0.803. The van der Waals surface area contributed by atoms with E-state index in [0.717, 1.165) is 11.7 Å². The first-order valence-corrected chi connectivity index (χ1v) is 7.15. The van der Waals surface area contributed by atoms with Crippen LogP contribution in [0.25, 0.3) is 0 Å². The maximum atomic E-state index is 10.4. The standard InChI is InChI=1S/C12H16O2Se/c1-10(7-8-12(13)14)9-15-11-5-3-2-4-6-11/h2-6,10H,7-9H2,1H3,(H,13,14). The molecule has 0 saturated carbocycles. The van der Waals surface area contributed by atoms with E-state index < -0.39 is 5.97 Å². The van der Waals surface area contributed by atoms with E-state index in [0.29, 0.717) is 27.3 Å². The number of carboxylic acids is 1. The Hall–Kier alpha value is -0.791. The van der Waals surface area contributed by atoms with Crippen molar-refractivity contribution in [2.24, 2.45) is 5.92 Å². The van der Waals surface area contributed by atoms with E-state index in [1.54, 1.807) is 0 Å². The first kappa shape index (κ1) is 12.3. The van der Waals surface area contributed by atoms with Crippen LogP contribution in [0.3, 0.4) is 0 Å². The van der Waals surface area contributed by atoms with Gasteiger partial charge in [0.1, 0.15) is 0 Å². The van der Waals surface area contributed by atoms with E-state index in [9.17, 15) is 4.79 Å². The minimum absolute atomic E-state index is 0.298. The van der Waals surface area contributed by atoms with Gasteiger partial charge < -0.3 is 0 Å². The van der Waals surface area contributed by atoms with E-state index in [-0.39, 0.29) is 0 Å². The Balaban J connectivity index is 2.22. The molecule has 0 radical (unpaired) electrons. The van der Waals surface area contributed by atoms with Crippen LogP contribution in [0, 0.1) is 5.92 Å². The van der Waals surface area contributed by atoms with Gasteiger partial charge in [0.25, 0.3) is 0 Å². The number of benzene rings is 1. The second kappa shape index (κ2) is 6.65. The van der Waals surface area contributed by atoms with Crippen molar-refractivity contribution in [1.82, 2.24) is 0 Å². The molecule has 1 rings (SSSR count). The summed E-state index contributed by atoms with van der Waals surface area (Å²) in [6.45, 7) is 2.13. The van der Waals surface area contributed by atoms with E-state index in [2.05, 4.69) is 31.2 Å². The van der Waals surface area contributed by atoms with Crippen molar-refractivity contribution in [2.45, 2.75) is 25.1 Å². The second-order valence-corrected chi connectivity index (χ2v) is 5.96. The zero-order valence-electron chi connectivity index (χ0n) is 8.85. The van der Waals surface area contributed by atoms with Gasteiger partial charge in [-0.05, 0) is 0 Å². The third-order valence-electron chi connectivity index (χ3n) is 2.13. The van der Waals surface area contributed by atoms with Crippen LogP contribution in [0.1, 0.15) is 19.8 Å². The van der Waals surface area contributed by atoms with Gasteiger partial charge in [-0.1, -0.05) is 0 Å². The van der Waals surface area contributed by atoms with Crippen LogP contribution in [-0.2, 0) is 4.79 Å². The molecule has 0 aliphatic heterocycles. The Bertz CT molecular complexity index is 298. The summed E-state index contributed by atoms with van der Waals surface area (Å²) >= 11 is 0.485. The molecule has 15 heavy (non-hydrogen) atoms. The van der Waals surface area contributed by atoms with Crippen molar-refractivity contribution in [2.75, 3.05) is 0 Å². The topological polar surface area (TPSA) is 37.3 Å². The van der Waals surface area contributed by atoms with Gasteiger partial charge in [-0.2, -0.15) is 0 Å². The number of rotatable bonds is 6. The van der Waals surface area contributed by atoms with Crippen LogP contribution in [0.15, 0.2) is 30.3 Å². The van der Waals surface area contributed by atoms with Crippen LogP contribution in [-0.4, -0.2) is 26.0 Å². The molecular formula is C12H16O2Se. The molecule has 1 N–H and O–H groups in total. The number of aliphatic carboxylic acids is 1. The van der Waals surface area contributed by atoms with Crippen molar-refractivity contribution < 1.29 is 9.90 Å². The number of carbonyl (C=O) groups is 1. The molecule has 82 valence electrons. The van der Waals surface area contributed by atoms with Crippen LogP contribution >= 0.6 is 0 Å². The van der Waals surface area contributed by atoms with E-state index in [1.807, 2.05) is 6.07 Å². The van der Waals surface area contributed by atoms with E-state index >= 15 is 0 Å². The third kappa shape index (κ3) is 5.60. The molecule has 2 nitrogen and oxygen atoms in total. The average Bonchev–Trinajstić information content (AvgIpc) is 2.25. The van der Waals surface area contributed by atoms with Crippen molar-refractivity contribution in [3.8, 4) is 0 Å². The molecule has 1 unspecified atom stereocenters. The molecule has 0 spiro atoms. The van der Waals surface area contributed by atoms with Crippen LogP contribution < -0.4 is 4.46 Å². The van der Waals surface area contributed by atoms with Gasteiger partial charge >= 0.3 is 96.6 Å². The Morgan fingerprint density at radius 2 is 2.07 bits per heavy atom. The van der Waals surface area contributed by atoms with E-state index in [4.69, 9.17) is 5.11 Å². The summed E-state index contributed by atoms with van der Waals surface area (Å²) in [6, 6.07) is 10.4.